The molecule has 0 heterocycles. The first-order valence-electron chi connectivity index (χ1n) is 5.75. The zero-order valence-electron chi connectivity index (χ0n) is 10.3. The van der Waals surface area contributed by atoms with E-state index in [9.17, 15) is 0 Å². The van der Waals surface area contributed by atoms with Crippen molar-refractivity contribution < 1.29 is 4.74 Å². The molecule has 0 saturated heterocycles. The Morgan fingerprint density at radius 1 is 1.19 bits per heavy atom. The van der Waals surface area contributed by atoms with Gasteiger partial charge in [-0.25, -0.2) is 9.36 Å². The Kier molecular flexibility index (Phi) is 4.65. The van der Waals surface area contributed by atoms with Gasteiger partial charge in [0.25, 0.3) is 6.02 Å². The Hall–Kier alpha value is -0.710. The zero-order valence-corrected chi connectivity index (χ0v) is 11.1. The molecule has 16 heavy (non-hydrogen) atoms. The smallest absolute Gasteiger partial charge is 0.282 e. The van der Waals surface area contributed by atoms with Gasteiger partial charge in [-0.15, -0.1) is 0 Å². The molecule has 0 radical (unpaired) electrons. The van der Waals surface area contributed by atoms with Crippen LogP contribution in [0.3, 0.4) is 0 Å². The molecule has 0 aromatic rings. The van der Waals surface area contributed by atoms with Gasteiger partial charge in [0.1, 0.15) is 5.60 Å². The van der Waals surface area contributed by atoms with E-state index >= 15 is 0 Å². The van der Waals surface area contributed by atoms with Crippen LogP contribution in [0, 0.1) is 0 Å². The first-order valence-corrected chi connectivity index (χ1v) is 6.12. The van der Waals surface area contributed by atoms with E-state index in [1.807, 2.05) is 20.8 Å². The number of hydrogen-bond donors (Lipinski definition) is 1. The highest BCUT2D eigenvalue weighted by atomic mass is 32.1. The van der Waals surface area contributed by atoms with Crippen molar-refractivity contribution in [1.82, 2.24) is 0 Å². The number of hydrogen-bond acceptors (Lipinski definition) is 4. The summed E-state index contributed by atoms with van der Waals surface area (Å²) in [5.41, 5.74) is 5.46. The summed E-state index contributed by atoms with van der Waals surface area (Å²) in [4.78, 5) is 4.39. The molecule has 0 aliphatic heterocycles. The minimum absolute atomic E-state index is 0.273. The lowest BCUT2D eigenvalue weighted by atomic mass is 9.92. The van der Waals surface area contributed by atoms with Crippen molar-refractivity contribution >= 4 is 18.4 Å². The molecule has 0 unspecified atom stereocenters. The van der Waals surface area contributed by atoms with Gasteiger partial charge in [0.2, 0.25) is 0 Å². The van der Waals surface area contributed by atoms with Gasteiger partial charge >= 0.3 is 0 Å². The second-order valence-electron chi connectivity index (χ2n) is 5.25. The van der Waals surface area contributed by atoms with Crippen LogP contribution < -0.4 is 5.73 Å². The molecule has 1 fully saturated rings. The molecule has 4 nitrogen and oxygen atoms in total. The minimum Gasteiger partial charge on any atom is -0.460 e. The summed E-state index contributed by atoms with van der Waals surface area (Å²) in [6.45, 7) is 5.88. The summed E-state index contributed by atoms with van der Waals surface area (Å²) in [6, 6.07) is 0.910. The van der Waals surface area contributed by atoms with Crippen molar-refractivity contribution in [1.29, 1.82) is 0 Å². The third kappa shape index (κ3) is 4.88. The van der Waals surface area contributed by atoms with Crippen molar-refractivity contribution in [3.63, 3.8) is 0 Å². The number of rotatable bonds is 2. The van der Waals surface area contributed by atoms with E-state index in [1.165, 1.54) is 0 Å². The van der Waals surface area contributed by atoms with Gasteiger partial charge in [-0.2, -0.15) is 0 Å². The Bertz CT molecular complexity index is 265. The van der Waals surface area contributed by atoms with Crippen molar-refractivity contribution in [3.05, 3.63) is 0 Å². The predicted octanol–water partition coefficient (Wildman–Crippen LogP) is 2.16. The van der Waals surface area contributed by atoms with E-state index in [1.54, 1.807) is 0 Å². The van der Waals surface area contributed by atoms with Crippen molar-refractivity contribution in [3.8, 4) is 0 Å². The number of ether oxygens (including phenoxy) is 1. The molecule has 1 rings (SSSR count). The molecule has 0 atom stereocenters. The Labute approximate surface area is 103 Å². The Morgan fingerprint density at radius 2 is 1.69 bits per heavy atom. The molecule has 1 aliphatic carbocycles. The summed E-state index contributed by atoms with van der Waals surface area (Å²) in [6.07, 6.45) is 4.03. The van der Waals surface area contributed by atoms with Crippen LogP contribution in [0.5, 0.6) is 0 Å². The topological polar surface area (TPSA) is 60.0 Å². The molecule has 5 heteroatoms. The molecular formula is C11H21N3OS. The SMILES string of the molecule is CC(C)(C)OC(N)=NC1CCC(N=S)CC1. The zero-order chi connectivity index (χ0) is 12.2. The molecule has 0 spiro atoms. The molecule has 2 N–H and O–H groups in total. The summed E-state index contributed by atoms with van der Waals surface area (Å²) < 4.78 is 9.37. The molecule has 0 aromatic heterocycles. The second-order valence-corrected chi connectivity index (χ2v) is 5.46. The van der Waals surface area contributed by atoms with Crippen LogP contribution in [-0.2, 0) is 17.2 Å². The van der Waals surface area contributed by atoms with Crippen LogP contribution in [-0.4, -0.2) is 23.7 Å². The number of aliphatic imine (C=N–C) groups is 1. The summed E-state index contributed by atoms with van der Waals surface area (Å²) in [5, 5.41) is 0. The van der Waals surface area contributed by atoms with Crippen molar-refractivity contribution in [2.75, 3.05) is 0 Å². The second kappa shape index (κ2) is 5.57. The van der Waals surface area contributed by atoms with Gasteiger partial charge in [-0.1, -0.05) is 0 Å². The molecular weight excluding hydrogens is 222 g/mol. The first-order chi connectivity index (χ1) is 7.40. The van der Waals surface area contributed by atoms with Crippen LogP contribution in [0.1, 0.15) is 46.5 Å². The van der Waals surface area contributed by atoms with Crippen LogP contribution in [0.4, 0.5) is 0 Å². The first kappa shape index (κ1) is 13.4. The summed E-state index contributed by atoms with van der Waals surface area (Å²) >= 11 is 4.71. The van der Waals surface area contributed by atoms with Gasteiger partial charge in [0, 0.05) is 12.4 Å². The van der Waals surface area contributed by atoms with Crippen LogP contribution in [0.2, 0.25) is 0 Å². The maximum Gasteiger partial charge on any atom is 0.282 e. The number of nitrogens with zero attached hydrogens (tertiary/aromatic N) is 2. The molecule has 0 bridgehead atoms. The van der Waals surface area contributed by atoms with Gasteiger partial charge in [-0.3, -0.25) is 0 Å². The lowest BCUT2D eigenvalue weighted by Gasteiger charge is -2.24. The molecule has 1 saturated carbocycles. The monoisotopic (exact) mass is 243 g/mol. The highest BCUT2D eigenvalue weighted by Gasteiger charge is 2.21. The highest BCUT2D eigenvalue weighted by Crippen LogP contribution is 2.23. The lowest BCUT2D eigenvalue weighted by molar-refractivity contribution is 0.112. The van der Waals surface area contributed by atoms with Crippen LogP contribution >= 0.6 is 0 Å². The lowest BCUT2D eigenvalue weighted by Crippen LogP contribution is -2.31. The third-order valence-electron chi connectivity index (χ3n) is 2.54. The maximum absolute atomic E-state index is 5.74. The normalized spacial score (nSPS) is 27.6. The van der Waals surface area contributed by atoms with E-state index in [-0.39, 0.29) is 11.6 Å². The van der Waals surface area contributed by atoms with E-state index in [4.69, 9.17) is 22.9 Å². The fourth-order valence-corrected chi connectivity index (χ4v) is 2.02. The van der Waals surface area contributed by atoms with Gasteiger partial charge in [0.15, 0.2) is 0 Å². The maximum atomic E-state index is 5.74. The average molecular weight is 243 g/mol. The molecule has 0 amide bonds. The van der Waals surface area contributed by atoms with Gasteiger partial charge in [0.05, 0.1) is 12.1 Å². The molecule has 92 valence electrons. The predicted molar refractivity (Wildman–Crippen MR) is 68.3 cm³/mol. The Balaban J connectivity index is 2.42. The Morgan fingerprint density at radius 3 is 2.12 bits per heavy atom. The van der Waals surface area contributed by atoms with E-state index in [2.05, 4.69) is 9.36 Å². The van der Waals surface area contributed by atoms with Gasteiger partial charge < -0.3 is 10.5 Å². The van der Waals surface area contributed by atoms with Crippen molar-refractivity contribution in [2.24, 2.45) is 15.1 Å². The number of amidine groups is 1. The summed E-state index contributed by atoms with van der Waals surface area (Å²) in [5.74, 6) is 0. The standard InChI is InChI=1S/C11H21N3OS/c1-11(2,3)15-10(12)13-8-4-6-9(14-16)7-5-8/h8-9H,4-7H2,1-3H3,(H2,12,13). The molecule has 0 aromatic carbocycles. The molecule has 1 aliphatic rings. The minimum atomic E-state index is -0.277. The fourth-order valence-electron chi connectivity index (χ4n) is 1.81. The fraction of sp³-hybridized carbons (Fsp3) is 0.909. The van der Waals surface area contributed by atoms with E-state index in [0.29, 0.717) is 12.1 Å². The van der Waals surface area contributed by atoms with Gasteiger partial charge in [-0.05, 0) is 46.5 Å². The quantitative estimate of drug-likeness (QED) is 0.597. The van der Waals surface area contributed by atoms with E-state index in [0.717, 1.165) is 25.7 Å². The average Bonchev–Trinajstić information content (AvgIpc) is 2.16. The van der Waals surface area contributed by atoms with Crippen LogP contribution in [0.25, 0.3) is 0 Å². The highest BCUT2D eigenvalue weighted by molar-refractivity contribution is 7.47. The third-order valence-corrected chi connectivity index (χ3v) is 2.83. The van der Waals surface area contributed by atoms with Crippen molar-refractivity contribution in [2.45, 2.75) is 64.1 Å². The number of nitrogens with two attached hydrogens (primary N) is 1. The van der Waals surface area contributed by atoms with Crippen LogP contribution in [0.15, 0.2) is 9.36 Å². The largest absolute Gasteiger partial charge is 0.460 e. The van der Waals surface area contributed by atoms with E-state index < -0.39 is 0 Å². The summed E-state index contributed by atoms with van der Waals surface area (Å²) in [7, 11) is 0.